The molecular formula is C39H39ClN2O. The molecule has 0 aliphatic rings. The predicted octanol–water partition coefficient (Wildman–Crippen LogP) is 11.8. The Hall–Kier alpha value is -4.08. The summed E-state index contributed by atoms with van der Waals surface area (Å²) < 4.78 is 8.82. The van der Waals surface area contributed by atoms with E-state index in [0.29, 0.717) is 22.6 Å². The topological polar surface area (TPSA) is 27.1 Å². The fourth-order valence-electron chi connectivity index (χ4n) is 6.05. The van der Waals surface area contributed by atoms with Gasteiger partial charge in [0, 0.05) is 28.1 Å². The molecule has 0 N–H and O–H groups in total. The lowest BCUT2D eigenvalue weighted by atomic mass is 9.85. The van der Waals surface area contributed by atoms with Crippen LogP contribution in [0.2, 0.25) is 5.02 Å². The number of rotatable bonds is 6. The van der Waals surface area contributed by atoms with E-state index in [9.17, 15) is 0 Å². The molecule has 6 aromatic rings. The van der Waals surface area contributed by atoms with Gasteiger partial charge in [-0.05, 0) is 93.6 Å². The Bertz CT molecular complexity index is 1930. The van der Waals surface area contributed by atoms with E-state index in [4.69, 9.17) is 21.3 Å². The van der Waals surface area contributed by atoms with Crippen molar-refractivity contribution in [1.82, 2.24) is 9.55 Å². The molecule has 0 aliphatic carbocycles. The summed E-state index contributed by atoms with van der Waals surface area (Å²) in [5.41, 5.74) is 8.37. The number of benzene rings is 4. The Morgan fingerprint density at radius 3 is 2.09 bits per heavy atom. The highest BCUT2D eigenvalue weighted by Crippen LogP contribution is 2.41. The average molecular weight is 587 g/mol. The molecule has 0 aliphatic heterocycles. The summed E-state index contributed by atoms with van der Waals surface area (Å²) in [7, 11) is 0. The van der Waals surface area contributed by atoms with E-state index in [0.717, 1.165) is 33.6 Å². The van der Waals surface area contributed by atoms with Crippen molar-refractivity contribution in [2.45, 2.75) is 65.7 Å². The average Bonchev–Trinajstić information content (AvgIpc) is 3.29. The first-order valence-corrected chi connectivity index (χ1v) is 15.5. The number of pyridine rings is 1. The summed E-state index contributed by atoms with van der Waals surface area (Å²) >= 11 is 6.74. The van der Waals surface area contributed by atoms with E-state index in [-0.39, 0.29) is 5.41 Å². The Morgan fingerprint density at radius 2 is 1.40 bits per heavy atom. The third-order valence-corrected chi connectivity index (χ3v) is 8.47. The predicted molar refractivity (Wildman–Crippen MR) is 182 cm³/mol. The van der Waals surface area contributed by atoms with Crippen molar-refractivity contribution < 1.29 is 4.74 Å². The molecule has 218 valence electrons. The molecule has 0 fully saturated rings. The zero-order chi connectivity index (χ0) is 30.5. The van der Waals surface area contributed by atoms with Crippen LogP contribution in [0.4, 0.5) is 0 Å². The number of nitrogens with zero attached hydrogens (tertiary/aromatic N) is 2. The maximum absolute atomic E-state index is 6.74. The van der Waals surface area contributed by atoms with E-state index in [1.807, 2.05) is 18.3 Å². The van der Waals surface area contributed by atoms with Crippen LogP contribution in [-0.4, -0.2) is 9.55 Å². The number of fused-ring (bicyclic) bond motifs is 3. The quantitative estimate of drug-likeness (QED) is 0.194. The van der Waals surface area contributed by atoms with E-state index in [1.54, 1.807) is 0 Å². The van der Waals surface area contributed by atoms with E-state index in [1.165, 1.54) is 27.6 Å². The standard InChI is InChI=1S/C39H39ClN2O/c1-24(2)31-12-10-13-32(25(3)4)38(31)26-19-28(40)22-30(20-26)43-29-15-16-34-33-11-8-9-14-35(33)42(36(34)23-29)37-21-27(17-18-41-37)39(5,6)7/h8-25H,1-7H3. The second-order valence-corrected chi connectivity index (χ2v) is 13.5. The number of hydrogen-bond acceptors (Lipinski definition) is 2. The summed E-state index contributed by atoms with van der Waals surface area (Å²) in [5, 5.41) is 2.99. The molecule has 4 heteroatoms. The molecule has 0 atom stereocenters. The lowest BCUT2D eigenvalue weighted by Crippen LogP contribution is -2.12. The molecule has 3 nitrogen and oxygen atoms in total. The minimum absolute atomic E-state index is 0.0125. The summed E-state index contributed by atoms with van der Waals surface area (Å²) in [6.45, 7) is 15.7. The van der Waals surface area contributed by atoms with Crippen LogP contribution >= 0.6 is 11.6 Å². The van der Waals surface area contributed by atoms with Crippen molar-refractivity contribution in [1.29, 1.82) is 0 Å². The number of aromatic nitrogens is 2. The van der Waals surface area contributed by atoms with E-state index >= 15 is 0 Å². The van der Waals surface area contributed by atoms with Crippen LogP contribution in [-0.2, 0) is 5.41 Å². The van der Waals surface area contributed by atoms with Gasteiger partial charge in [0.1, 0.15) is 17.3 Å². The van der Waals surface area contributed by atoms with Gasteiger partial charge < -0.3 is 4.74 Å². The molecule has 0 saturated heterocycles. The summed E-state index contributed by atoms with van der Waals surface area (Å²) in [6, 6.07) is 31.8. The fourth-order valence-corrected chi connectivity index (χ4v) is 6.28. The summed E-state index contributed by atoms with van der Waals surface area (Å²) in [4.78, 5) is 4.82. The summed E-state index contributed by atoms with van der Waals surface area (Å²) in [6.07, 6.45) is 1.91. The van der Waals surface area contributed by atoms with Gasteiger partial charge in [0.05, 0.1) is 11.0 Å². The first-order chi connectivity index (χ1) is 20.5. The molecule has 0 spiro atoms. The van der Waals surface area contributed by atoms with Crippen LogP contribution in [0.15, 0.2) is 97.2 Å². The van der Waals surface area contributed by atoms with Gasteiger partial charge in [0.15, 0.2) is 0 Å². The van der Waals surface area contributed by atoms with Crippen molar-refractivity contribution in [2.24, 2.45) is 0 Å². The van der Waals surface area contributed by atoms with Crippen LogP contribution in [0.25, 0.3) is 38.8 Å². The second kappa shape index (κ2) is 11.2. The van der Waals surface area contributed by atoms with Crippen molar-refractivity contribution in [3.05, 3.63) is 119 Å². The van der Waals surface area contributed by atoms with Gasteiger partial charge in [-0.15, -0.1) is 0 Å². The third-order valence-electron chi connectivity index (χ3n) is 8.25. The summed E-state index contributed by atoms with van der Waals surface area (Å²) in [5.74, 6) is 3.12. The molecule has 0 saturated carbocycles. The van der Waals surface area contributed by atoms with Crippen LogP contribution in [0.5, 0.6) is 11.5 Å². The van der Waals surface area contributed by atoms with Gasteiger partial charge in [-0.2, -0.15) is 0 Å². The maximum Gasteiger partial charge on any atom is 0.137 e. The smallest absolute Gasteiger partial charge is 0.137 e. The van der Waals surface area contributed by atoms with E-state index < -0.39 is 0 Å². The minimum Gasteiger partial charge on any atom is -0.457 e. The molecule has 0 bridgehead atoms. The number of ether oxygens (including phenoxy) is 1. The van der Waals surface area contributed by atoms with Crippen molar-refractivity contribution in [2.75, 3.05) is 0 Å². The first kappa shape index (κ1) is 29.0. The Kier molecular flexibility index (Phi) is 7.56. The van der Waals surface area contributed by atoms with Gasteiger partial charge in [0.25, 0.3) is 0 Å². The van der Waals surface area contributed by atoms with Crippen molar-refractivity contribution in [3.8, 4) is 28.4 Å². The molecule has 43 heavy (non-hydrogen) atoms. The van der Waals surface area contributed by atoms with Crippen molar-refractivity contribution >= 4 is 33.4 Å². The monoisotopic (exact) mass is 586 g/mol. The minimum atomic E-state index is 0.0125. The van der Waals surface area contributed by atoms with Gasteiger partial charge in [0.2, 0.25) is 0 Å². The van der Waals surface area contributed by atoms with Crippen LogP contribution in [0.3, 0.4) is 0 Å². The van der Waals surface area contributed by atoms with Crippen LogP contribution in [0.1, 0.15) is 77.0 Å². The molecule has 2 aromatic heterocycles. The lowest BCUT2D eigenvalue weighted by Gasteiger charge is -2.21. The number of hydrogen-bond donors (Lipinski definition) is 0. The first-order valence-electron chi connectivity index (χ1n) is 15.1. The molecule has 0 amide bonds. The Labute approximate surface area is 260 Å². The SMILES string of the molecule is CC(C)c1cccc(C(C)C)c1-c1cc(Cl)cc(Oc2ccc3c4ccccc4n(-c4cc(C(C)(C)C)ccn4)c3c2)c1. The van der Waals surface area contributed by atoms with Crippen LogP contribution < -0.4 is 4.74 Å². The highest BCUT2D eigenvalue weighted by molar-refractivity contribution is 6.31. The highest BCUT2D eigenvalue weighted by Gasteiger charge is 2.19. The van der Waals surface area contributed by atoms with Crippen molar-refractivity contribution in [3.63, 3.8) is 0 Å². The molecule has 4 aromatic carbocycles. The third kappa shape index (κ3) is 5.55. The molecular weight excluding hydrogens is 548 g/mol. The largest absolute Gasteiger partial charge is 0.457 e. The van der Waals surface area contributed by atoms with Crippen LogP contribution in [0, 0.1) is 0 Å². The zero-order valence-electron chi connectivity index (χ0n) is 26.1. The lowest BCUT2D eigenvalue weighted by molar-refractivity contribution is 0.483. The Balaban J connectivity index is 1.48. The highest BCUT2D eigenvalue weighted by atomic mass is 35.5. The molecule has 0 unspecified atom stereocenters. The normalized spacial score (nSPS) is 12.1. The molecule has 6 rings (SSSR count). The number of para-hydroxylation sites is 1. The van der Waals surface area contributed by atoms with Gasteiger partial charge >= 0.3 is 0 Å². The zero-order valence-corrected chi connectivity index (χ0v) is 26.8. The Morgan fingerprint density at radius 1 is 0.698 bits per heavy atom. The number of halogens is 1. The van der Waals surface area contributed by atoms with E-state index in [2.05, 4.69) is 132 Å². The van der Waals surface area contributed by atoms with Gasteiger partial charge in [-0.3, -0.25) is 4.57 Å². The second-order valence-electron chi connectivity index (χ2n) is 13.1. The fraction of sp³-hybridized carbons (Fsp3) is 0.256. The maximum atomic E-state index is 6.74. The molecule has 2 heterocycles. The van der Waals surface area contributed by atoms with Gasteiger partial charge in [-0.1, -0.05) is 96.5 Å². The van der Waals surface area contributed by atoms with Gasteiger partial charge in [-0.25, -0.2) is 4.98 Å². The molecule has 0 radical (unpaired) electrons.